The lowest BCUT2D eigenvalue weighted by Gasteiger charge is -1.98. The fraction of sp³-hybridized carbons (Fsp3) is 0.200. The second-order valence-electron chi connectivity index (χ2n) is 3.18. The number of nitrogens with one attached hydrogen (secondary N) is 1. The average molecular weight is 282 g/mol. The van der Waals surface area contributed by atoms with E-state index in [2.05, 4.69) is 11.1 Å². The van der Waals surface area contributed by atoms with Crippen molar-refractivity contribution < 1.29 is 14.6 Å². The van der Waals surface area contributed by atoms with Crippen LogP contribution in [0.2, 0.25) is 0 Å². The Hall–Kier alpha value is -1.95. The molecule has 0 radical (unpaired) electrons. The molecule has 2 rings (SSSR count). The van der Waals surface area contributed by atoms with Crippen LogP contribution in [0.5, 0.6) is 0 Å². The van der Waals surface area contributed by atoms with Crippen LogP contribution in [0.1, 0.15) is 7.43 Å². The van der Waals surface area contributed by atoms with E-state index < -0.39 is 0 Å². The second-order valence-corrected chi connectivity index (χ2v) is 3.18. The number of hydrogen-bond acceptors (Lipinski definition) is 4. The number of hydrogen-bond donors (Lipinski definition) is 4. The predicted octanol–water partition coefficient (Wildman–Crippen LogP) is 2.41. The fourth-order valence-electron chi connectivity index (χ4n) is 1.06. The molecule has 4 nitrogen and oxygen atoms in total. The third kappa shape index (κ3) is 12.5. The first-order valence-electron chi connectivity index (χ1n) is 5.65. The molecule has 2 aromatic rings. The van der Waals surface area contributed by atoms with Gasteiger partial charge >= 0.3 is 0 Å². The Morgan fingerprint density at radius 1 is 0.900 bits per heavy atom. The maximum Gasteiger partial charge on any atom is 0.123 e. The van der Waals surface area contributed by atoms with Gasteiger partial charge in [0.15, 0.2) is 0 Å². The summed E-state index contributed by atoms with van der Waals surface area (Å²) in [5.41, 5.74) is 5.35. The molecule has 0 aliphatic rings. The number of aliphatic hydroxyl groups excluding tert-OH is 2. The molecule has 0 spiro atoms. The van der Waals surface area contributed by atoms with Gasteiger partial charge in [-0.2, -0.15) is 0 Å². The Kier molecular flexibility index (Phi) is 15.4. The van der Waals surface area contributed by atoms with Gasteiger partial charge in [-0.3, -0.25) is 0 Å². The fourth-order valence-corrected chi connectivity index (χ4v) is 1.06. The molecule has 20 heavy (non-hydrogen) atoms. The van der Waals surface area contributed by atoms with Crippen LogP contribution in [-0.4, -0.2) is 23.7 Å². The zero-order valence-electron chi connectivity index (χ0n) is 10.5. The first kappa shape index (κ1) is 20.4. The van der Waals surface area contributed by atoms with E-state index in [1.165, 1.54) is 12.1 Å². The van der Waals surface area contributed by atoms with Gasteiger partial charge in [0.25, 0.3) is 0 Å². The highest BCUT2D eigenvalue weighted by atomic mass is 19.1. The van der Waals surface area contributed by atoms with Crippen molar-refractivity contribution in [2.45, 2.75) is 7.43 Å². The summed E-state index contributed by atoms with van der Waals surface area (Å²) in [7, 11) is 0. The van der Waals surface area contributed by atoms with Crippen LogP contribution in [0.25, 0.3) is 0 Å². The summed E-state index contributed by atoms with van der Waals surface area (Å²) in [4.78, 5) is 0. The number of para-hydroxylation sites is 1. The zero-order valence-corrected chi connectivity index (χ0v) is 10.5. The number of benzene rings is 2. The van der Waals surface area contributed by atoms with Gasteiger partial charge in [0.2, 0.25) is 0 Å². The highest BCUT2D eigenvalue weighted by Crippen LogP contribution is 2.02. The zero-order chi connectivity index (χ0) is 14.3. The summed E-state index contributed by atoms with van der Waals surface area (Å²) in [5, 5.41) is 18.5. The van der Waals surface area contributed by atoms with Gasteiger partial charge in [-0.1, -0.05) is 43.8 Å². The van der Waals surface area contributed by atoms with Crippen molar-refractivity contribution in [3.8, 4) is 0 Å². The molecule has 5 N–H and O–H groups in total. The summed E-state index contributed by atoms with van der Waals surface area (Å²) in [5.74, 6) is -0.178. The van der Waals surface area contributed by atoms with Crippen LogP contribution in [0.4, 0.5) is 10.1 Å². The van der Waals surface area contributed by atoms with Crippen LogP contribution in [0.3, 0.4) is 0 Å². The second kappa shape index (κ2) is 15.1. The molecule has 2 aromatic carbocycles. The van der Waals surface area contributed by atoms with Gasteiger partial charge in [0, 0.05) is 5.69 Å². The number of halogens is 1. The first-order chi connectivity index (χ1) is 9.24. The van der Waals surface area contributed by atoms with Gasteiger partial charge in [0.1, 0.15) is 12.5 Å². The topological polar surface area (TPSA) is 78.5 Å². The van der Waals surface area contributed by atoms with Gasteiger partial charge in [-0.15, -0.1) is 0 Å². The largest absolute Gasteiger partial charge is 0.382 e. The summed E-state index contributed by atoms with van der Waals surface area (Å²) in [6.07, 6.45) is 0. The summed E-state index contributed by atoms with van der Waals surface area (Å²) in [6, 6.07) is 17.5. The molecule has 0 heterocycles. The van der Waals surface area contributed by atoms with Crippen molar-refractivity contribution in [3.63, 3.8) is 0 Å². The normalized spacial score (nSPS) is 8.00. The Morgan fingerprint density at radius 2 is 1.30 bits per heavy atom. The Bertz CT molecular complexity index is 399. The number of aliphatic hydroxyl groups is 2. The third-order valence-corrected chi connectivity index (χ3v) is 1.79. The van der Waals surface area contributed by atoms with Crippen molar-refractivity contribution in [3.05, 3.63) is 66.5 Å². The minimum atomic E-state index is -0.250. The van der Waals surface area contributed by atoms with E-state index in [9.17, 15) is 4.39 Å². The molecular weight excluding hydrogens is 259 g/mol. The van der Waals surface area contributed by atoms with Crippen molar-refractivity contribution >= 4 is 5.69 Å². The smallest absolute Gasteiger partial charge is 0.123 e. The Morgan fingerprint density at radius 3 is 1.60 bits per heavy atom. The minimum Gasteiger partial charge on any atom is -0.382 e. The number of rotatable bonds is 2. The molecule has 112 valence electrons. The molecule has 0 amide bonds. The molecule has 0 unspecified atom stereocenters. The molecular formula is C15H23FN2O2. The average Bonchev–Trinajstić information content (AvgIpc) is 2.43. The summed E-state index contributed by atoms with van der Waals surface area (Å²) >= 11 is 0. The van der Waals surface area contributed by atoms with E-state index in [-0.39, 0.29) is 26.7 Å². The third-order valence-electron chi connectivity index (χ3n) is 1.79. The van der Waals surface area contributed by atoms with Crippen LogP contribution in [0, 0.1) is 5.82 Å². The number of anilines is 1. The molecule has 0 bridgehead atoms. The molecule has 0 atom stereocenters. The van der Waals surface area contributed by atoms with Gasteiger partial charge in [-0.05, 0) is 24.3 Å². The highest BCUT2D eigenvalue weighted by molar-refractivity contribution is 5.41. The maximum atomic E-state index is 11.9. The maximum absolute atomic E-state index is 11.9. The lowest BCUT2D eigenvalue weighted by atomic mass is 10.3. The summed E-state index contributed by atoms with van der Waals surface area (Å²) < 4.78 is 11.9. The van der Waals surface area contributed by atoms with E-state index in [1.54, 1.807) is 18.2 Å². The van der Waals surface area contributed by atoms with Gasteiger partial charge in [0.05, 0.1) is 6.73 Å². The standard InChI is InChI=1S/C7H9NO.C6H5F.CH5NO.CH4/c9-6-8-7-4-2-1-3-5-7;7-6-4-2-1-3-5-6;2-1-3;/h1-5,8-9H,6H2;1-5H;3H,1-2H2;1H4. The van der Waals surface area contributed by atoms with E-state index in [0.717, 1.165) is 5.69 Å². The monoisotopic (exact) mass is 282 g/mol. The van der Waals surface area contributed by atoms with E-state index in [1.807, 2.05) is 30.3 Å². The molecule has 0 fully saturated rings. The van der Waals surface area contributed by atoms with Crippen LogP contribution in [-0.2, 0) is 0 Å². The molecule has 0 aliphatic carbocycles. The van der Waals surface area contributed by atoms with Crippen LogP contribution >= 0.6 is 0 Å². The van der Waals surface area contributed by atoms with Gasteiger partial charge < -0.3 is 21.3 Å². The molecule has 0 saturated heterocycles. The first-order valence-corrected chi connectivity index (χ1v) is 5.65. The lowest BCUT2D eigenvalue weighted by Crippen LogP contribution is -1.97. The summed E-state index contributed by atoms with van der Waals surface area (Å²) in [6.45, 7) is -0.260. The molecule has 5 heteroatoms. The van der Waals surface area contributed by atoms with Crippen LogP contribution in [0.15, 0.2) is 60.7 Å². The lowest BCUT2D eigenvalue weighted by molar-refractivity contribution is 0.307. The van der Waals surface area contributed by atoms with Crippen molar-refractivity contribution in [1.29, 1.82) is 0 Å². The van der Waals surface area contributed by atoms with Crippen molar-refractivity contribution in [2.24, 2.45) is 5.73 Å². The molecule has 0 saturated carbocycles. The van der Waals surface area contributed by atoms with Crippen molar-refractivity contribution in [2.75, 3.05) is 18.8 Å². The SMILES string of the molecule is C.Fc1ccccc1.NCO.OCNc1ccccc1. The Labute approximate surface area is 119 Å². The Balaban J connectivity index is 0. The van der Waals surface area contributed by atoms with Crippen molar-refractivity contribution in [1.82, 2.24) is 0 Å². The van der Waals surface area contributed by atoms with E-state index in [4.69, 9.17) is 10.2 Å². The van der Waals surface area contributed by atoms with Gasteiger partial charge in [-0.25, -0.2) is 4.39 Å². The highest BCUT2D eigenvalue weighted by Gasteiger charge is 1.82. The predicted molar refractivity (Wildman–Crippen MR) is 81.6 cm³/mol. The quantitative estimate of drug-likeness (QED) is 0.638. The molecule has 0 aromatic heterocycles. The van der Waals surface area contributed by atoms with E-state index >= 15 is 0 Å². The van der Waals surface area contributed by atoms with Crippen LogP contribution < -0.4 is 11.1 Å². The molecule has 0 aliphatic heterocycles. The number of nitrogens with two attached hydrogens (primary N) is 1. The van der Waals surface area contributed by atoms with E-state index in [0.29, 0.717) is 0 Å². The minimum absolute atomic E-state index is 0.